The fraction of sp³-hybridized carbons (Fsp3) is 0.533. The fourth-order valence-corrected chi connectivity index (χ4v) is 3.00. The van der Waals surface area contributed by atoms with Crippen LogP contribution in [-0.2, 0) is 16.3 Å². The molecule has 0 N–H and O–H groups in total. The van der Waals surface area contributed by atoms with Crippen molar-refractivity contribution in [3.05, 3.63) is 29.3 Å². The number of ether oxygens (including phenoxy) is 1. The van der Waals surface area contributed by atoms with E-state index in [1.54, 1.807) is 26.0 Å². The molecule has 0 atom stereocenters. The Morgan fingerprint density at radius 2 is 2.00 bits per heavy atom. The van der Waals surface area contributed by atoms with Gasteiger partial charge < -0.3 is 4.74 Å². The summed E-state index contributed by atoms with van der Waals surface area (Å²) in [6, 6.07) is 5.44. The number of aryl methyl sites for hydroxylation is 1. The minimum absolute atomic E-state index is 0.00427. The van der Waals surface area contributed by atoms with Crippen LogP contribution in [0.3, 0.4) is 0 Å². The first kappa shape index (κ1) is 15.0. The van der Waals surface area contributed by atoms with E-state index in [9.17, 15) is 13.2 Å². The van der Waals surface area contributed by atoms with Crippen LogP contribution in [0.15, 0.2) is 18.2 Å². The number of carbonyl (C=O) groups is 1. The Balaban J connectivity index is 2.01. The van der Waals surface area contributed by atoms with Crippen LogP contribution in [0, 0.1) is 0 Å². The molecule has 1 aromatic carbocycles. The third-order valence-electron chi connectivity index (χ3n) is 3.59. The quantitative estimate of drug-likeness (QED) is 0.837. The van der Waals surface area contributed by atoms with E-state index in [0.717, 1.165) is 24.0 Å². The van der Waals surface area contributed by atoms with Gasteiger partial charge in [-0.05, 0) is 44.4 Å². The molecule has 0 unspecified atom stereocenters. The maximum absolute atomic E-state index is 11.8. The molecule has 0 heterocycles. The van der Waals surface area contributed by atoms with Crippen molar-refractivity contribution < 1.29 is 17.9 Å². The van der Waals surface area contributed by atoms with E-state index < -0.39 is 15.1 Å². The van der Waals surface area contributed by atoms with Crippen molar-refractivity contribution in [3.63, 3.8) is 0 Å². The Morgan fingerprint density at radius 1 is 1.25 bits per heavy atom. The number of benzene rings is 1. The fourth-order valence-electron chi connectivity index (χ4n) is 2.21. The highest BCUT2D eigenvalue weighted by atomic mass is 32.2. The summed E-state index contributed by atoms with van der Waals surface area (Å²) >= 11 is 0. The highest BCUT2D eigenvalue weighted by Crippen LogP contribution is 2.25. The molecule has 1 aliphatic carbocycles. The lowest BCUT2D eigenvalue weighted by Crippen LogP contribution is -2.22. The molecule has 0 bridgehead atoms. The monoisotopic (exact) mass is 296 g/mol. The summed E-state index contributed by atoms with van der Waals surface area (Å²) in [6.45, 7) is 3.44. The first-order valence-corrected chi connectivity index (χ1v) is 8.62. The zero-order valence-electron chi connectivity index (χ0n) is 11.9. The molecule has 0 spiro atoms. The average molecular weight is 296 g/mol. The molecule has 0 aliphatic heterocycles. The van der Waals surface area contributed by atoms with Crippen LogP contribution in [0.1, 0.15) is 42.6 Å². The van der Waals surface area contributed by atoms with Gasteiger partial charge >= 0.3 is 0 Å². The Hall–Kier alpha value is -1.36. The third kappa shape index (κ3) is 3.39. The molecule has 20 heavy (non-hydrogen) atoms. The van der Waals surface area contributed by atoms with Gasteiger partial charge in [0.15, 0.2) is 15.6 Å². The van der Waals surface area contributed by atoms with Crippen molar-refractivity contribution in [2.45, 2.75) is 38.4 Å². The average Bonchev–Trinajstić information content (AvgIpc) is 2.39. The molecular weight excluding hydrogens is 276 g/mol. The maximum atomic E-state index is 11.8. The summed E-state index contributed by atoms with van der Waals surface area (Å²) < 4.78 is 28.8. The Labute approximate surface area is 120 Å². The Morgan fingerprint density at radius 3 is 2.70 bits per heavy atom. The van der Waals surface area contributed by atoms with Crippen LogP contribution >= 0.6 is 0 Å². The largest absolute Gasteiger partial charge is 0.493 e. The van der Waals surface area contributed by atoms with Crippen LogP contribution in [0.2, 0.25) is 0 Å². The lowest BCUT2D eigenvalue weighted by atomic mass is 9.90. The number of hydrogen-bond donors (Lipinski definition) is 0. The van der Waals surface area contributed by atoms with E-state index >= 15 is 0 Å². The molecule has 110 valence electrons. The van der Waals surface area contributed by atoms with Crippen LogP contribution in [-0.4, -0.2) is 31.8 Å². The van der Waals surface area contributed by atoms with Gasteiger partial charge in [0, 0.05) is 12.0 Å². The molecule has 1 aliphatic rings. The summed E-state index contributed by atoms with van der Waals surface area (Å²) in [4.78, 5) is 11.8. The number of hydrogen-bond acceptors (Lipinski definition) is 4. The standard InChI is InChI=1S/C15H20O4S/c1-11(2)20(17,18)9-8-19-13-7-6-12-4-3-5-15(16)14(12)10-13/h6-7,10-11H,3-5,8-9H2,1-2H3. The molecule has 0 saturated carbocycles. The Bertz CT molecular complexity index is 602. The van der Waals surface area contributed by atoms with Gasteiger partial charge in [-0.15, -0.1) is 0 Å². The highest BCUT2D eigenvalue weighted by Gasteiger charge is 2.18. The number of carbonyl (C=O) groups excluding carboxylic acids is 1. The molecule has 0 aromatic heterocycles. The van der Waals surface area contributed by atoms with E-state index in [1.165, 1.54) is 0 Å². The summed E-state index contributed by atoms with van der Waals surface area (Å²) in [6.07, 6.45) is 2.40. The van der Waals surface area contributed by atoms with Gasteiger partial charge in [0.1, 0.15) is 12.4 Å². The van der Waals surface area contributed by atoms with Crippen molar-refractivity contribution in [3.8, 4) is 5.75 Å². The number of sulfone groups is 1. The number of ketones is 1. The van der Waals surface area contributed by atoms with Crippen LogP contribution < -0.4 is 4.74 Å². The van der Waals surface area contributed by atoms with Crippen molar-refractivity contribution in [1.82, 2.24) is 0 Å². The normalized spacial score (nSPS) is 15.2. The number of fused-ring (bicyclic) bond motifs is 1. The Kier molecular flexibility index (Phi) is 4.48. The number of Topliss-reactive ketones (excluding diaryl/α,β-unsaturated/α-hetero) is 1. The van der Waals surface area contributed by atoms with Crippen molar-refractivity contribution >= 4 is 15.6 Å². The van der Waals surface area contributed by atoms with Gasteiger partial charge in [-0.2, -0.15) is 0 Å². The summed E-state index contributed by atoms with van der Waals surface area (Å²) in [5.41, 5.74) is 1.78. The van der Waals surface area contributed by atoms with E-state index in [-0.39, 0.29) is 18.1 Å². The first-order valence-electron chi connectivity index (χ1n) is 6.90. The van der Waals surface area contributed by atoms with Crippen molar-refractivity contribution in [2.24, 2.45) is 0 Å². The molecule has 0 fully saturated rings. The summed E-state index contributed by atoms with van der Waals surface area (Å²) in [5, 5.41) is -0.392. The molecule has 5 heteroatoms. The van der Waals surface area contributed by atoms with Gasteiger partial charge in [-0.1, -0.05) is 6.07 Å². The predicted molar refractivity (Wildman–Crippen MR) is 78.1 cm³/mol. The zero-order chi connectivity index (χ0) is 14.8. The van der Waals surface area contributed by atoms with E-state index in [2.05, 4.69) is 0 Å². The number of rotatable bonds is 5. The van der Waals surface area contributed by atoms with E-state index in [0.29, 0.717) is 12.2 Å². The minimum atomic E-state index is -3.09. The topological polar surface area (TPSA) is 60.4 Å². The van der Waals surface area contributed by atoms with Gasteiger partial charge in [0.2, 0.25) is 0 Å². The third-order valence-corrected chi connectivity index (χ3v) is 5.76. The second-order valence-corrected chi connectivity index (χ2v) is 8.04. The van der Waals surface area contributed by atoms with Crippen LogP contribution in [0.4, 0.5) is 0 Å². The van der Waals surface area contributed by atoms with Crippen molar-refractivity contribution in [1.29, 1.82) is 0 Å². The lowest BCUT2D eigenvalue weighted by Gasteiger charge is -2.16. The molecule has 1 aromatic rings. The maximum Gasteiger partial charge on any atom is 0.163 e. The van der Waals surface area contributed by atoms with Crippen LogP contribution in [0.5, 0.6) is 5.75 Å². The molecule has 0 saturated heterocycles. The molecular formula is C15H20O4S. The van der Waals surface area contributed by atoms with Crippen LogP contribution in [0.25, 0.3) is 0 Å². The smallest absolute Gasteiger partial charge is 0.163 e. The van der Waals surface area contributed by atoms with Gasteiger partial charge in [-0.25, -0.2) is 8.42 Å². The van der Waals surface area contributed by atoms with Gasteiger partial charge in [0.05, 0.1) is 11.0 Å². The van der Waals surface area contributed by atoms with Gasteiger partial charge in [-0.3, -0.25) is 4.79 Å². The lowest BCUT2D eigenvalue weighted by molar-refractivity contribution is 0.0972. The SMILES string of the molecule is CC(C)S(=O)(=O)CCOc1ccc2c(c1)C(=O)CCC2. The van der Waals surface area contributed by atoms with Crippen molar-refractivity contribution in [2.75, 3.05) is 12.4 Å². The summed E-state index contributed by atoms with van der Waals surface area (Å²) in [7, 11) is -3.09. The predicted octanol–water partition coefficient (Wildman–Crippen LogP) is 2.41. The zero-order valence-corrected chi connectivity index (χ0v) is 12.7. The molecule has 0 amide bonds. The van der Waals surface area contributed by atoms with E-state index in [4.69, 9.17) is 4.74 Å². The first-order chi connectivity index (χ1) is 9.40. The minimum Gasteiger partial charge on any atom is -0.493 e. The molecule has 2 rings (SSSR count). The molecule has 4 nitrogen and oxygen atoms in total. The second kappa shape index (κ2) is 5.95. The second-order valence-electron chi connectivity index (χ2n) is 5.36. The molecule has 0 radical (unpaired) electrons. The van der Waals surface area contributed by atoms with Gasteiger partial charge in [0.25, 0.3) is 0 Å². The van der Waals surface area contributed by atoms with E-state index in [1.807, 2.05) is 6.07 Å². The highest BCUT2D eigenvalue weighted by molar-refractivity contribution is 7.91. The summed E-state index contributed by atoms with van der Waals surface area (Å²) in [5.74, 6) is 0.708.